The molecule has 96 valence electrons. The first-order valence-electron chi connectivity index (χ1n) is 7.60. The minimum Gasteiger partial charge on any atom is -0.0656 e. The van der Waals surface area contributed by atoms with E-state index in [4.69, 9.17) is 0 Å². The summed E-state index contributed by atoms with van der Waals surface area (Å²) in [6.45, 7) is 11.6. The van der Waals surface area contributed by atoms with Crippen LogP contribution in [0.5, 0.6) is 0 Å². The summed E-state index contributed by atoms with van der Waals surface area (Å²) in [5, 5.41) is 0. The second-order valence-corrected chi connectivity index (χ2v) is 6.46. The van der Waals surface area contributed by atoms with Crippen molar-refractivity contribution in [3.63, 3.8) is 0 Å². The lowest BCUT2D eigenvalue weighted by Crippen LogP contribution is -2.17. The molecule has 2 rings (SSSR count). The van der Waals surface area contributed by atoms with Gasteiger partial charge in [0.2, 0.25) is 0 Å². The van der Waals surface area contributed by atoms with Crippen LogP contribution in [0.25, 0.3) is 0 Å². The largest absolute Gasteiger partial charge is 0.0656 e. The van der Waals surface area contributed by atoms with Gasteiger partial charge in [0.25, 0.3) is 0 Å². The lowest BCUT2D eigenvalue weighted by molar-refractivity contribution is 0.250. The zero-order valence-electron chi connectivity index (χ0n) is 12.1. The Labute approximate surface area is 103 Å². The van der Waals surface area contributed by atoms with Gasteiger partial charge in [0, 0.05) is 0 Å². The van der Waals surface area contributed by atoms with Gasteiger partial charge in [-0.25, -0.2) is 0 Å². The van der Waals surface area contributed by atoms with Crippen molar-refractivity contribution < 1.29 is 0 Å². The lowest BCUT2D eigenvalue weighted by Gasteiger charge is -2.24. The van der Waals surface area contributed by atoms with Crippen molar-refractivity contribution in [2.45, 2.75) is 73.1 Å². The van der Waals surface area contributed by atoms with Gasteiger partial charge in [-0.1, -0.05) is 53.9 Å². The van der Waals surface area contributed by atoms with Crippen LogP contribution in [0.4, 0.5) is 0 Å². The van der Waals surface area contributed by atoms with E-state index in [1.165, 1.54) is 38.5 Å². The highest BCUT2D eigenvalue weighted by Crippen LogP contribution is 2.47. The van der Waals surface area contributed by atoms with Crippen LogP contribution in [0, 0.1) is 29.6 Å². The molecule has 0 heteroatoms. The summed E-state index contributed by atoms with van der Waals surface area (Å²) in [5.74, 6) is 5.21. The minimum atomic E-state index is 1.00. The van der Waals surface area contributed by atoms with Crippen LogP contribution in [0.15, 0.2) is 0 Å². The van der Waals surface area contributed by atoms with Gasteiger partial charge in [0.15, 0.2) is 0 Å². The molecule has 0 aromatic carbocycles. The predicted molar refractivity (Wildman–Crippen MR) is 73.5 cm³/mol. The molecule has 0 aromatic rings. The molecule has 2 aliphatic rings. The molecule has 5 atom stereocenters. The Hall–Kier alpha value is 0. The summed E-state index contributed by atoms with van der Waals surface area (Å²) in [6, 6.07) is 0. The van der Waals surface area contributed by atoms with Crippen LogP contribution in [0.2, 0.25) is 0 Å². The number of rotatable bonds is 1. The van der Waals surface area contributed by atoms with E-state index in [0.717, 1.165) is 29.6 Å². The van der Waals surface area contributed by atoms with Crippen molar-refractivity contribution in [1.82, 2.24) is 0 Å². The summed E-state index contributed by atoms with van der Waals surface area (Å²) < 4.78 is 0. The van der Waals surface area contributed by atoms with Crippen molar-refractivity contribution in [3.8, 4) is 0 Å². The molecule has 0 N–H and O–H groups in total. The van der Waals surface area contributed by atoms with E-state index in [9.17, 15) is 0 Å². The SMILES string of the molecule is CC1CCC(C2CCC(C)C2C)C1.CCC. The van der Waals surface area contributed by atoms with Crippen LogP contribution in [-0.2, 0) is 0 Å². The molecule has 2 saturated carbocycles. The summed E-state index contributed by atoms with van der Waals surface area (Å²) in [7, 11) is 0. The first kappa shape index (κ1) is 14.1. The second kappa shape index (κ2) is 6.67. The smallest absolute Gasteiger partial charge is 0.0357 e. The number of hydrogen-bond acceptors (Lipinski definition) is 0. The average molecular weight is 224 g/mol. The van der Waals surface area contributed by atoms with Crippen LogP contribution < -0.4 is 0 Å². The molecule has 0 radical (unpaired) electrons. The van der Waals surface area contributed by atoms with E-state index >= 15 is 0 Å². The zero-order chi connectivity index (χ0) is 12.1. The molecule has 0 aliphatic heterocycles. The van der Waals surface area contributed by atoms with E-state index in [0.29, 0.717) is 0 Å². The summed E-state index contributed by atoms with van der Waals surface area (Å²) in [6.07, 6.45) is 8.84. The van der Waals surface area contributed by atoms with Gasteiger partial charge in [-0.15, -0.1) is 0 Å². The van der Waals surface area contributed by atoms with Crippen molar-refractivity contribution in [3.05, 3.63) is 0 Å². The van der Waals surface area contributed by atoms with Crippen molar-refractivity contribution >= 4 is 0 Å². The van der Waals surface area contributed by atoms with E-state index in [-0.39, 0.29) is 0 Å². The lowest BCUT2D eigenvalue weighted by atomic mass is 9.81. The predicted octanol–water partition coefficient (Wildman–Crippen LogP) is 5.52. The Morgan fingerprint density at radius 2 is 1.50 bits per heavy atom. The quantitative estimate of drug-likeness (QED) is 0.550. The first-order valence-corrected chi connectivity index (χ1v) is 7.60. The molecule has 0 aromatic heterocycles. The van der Waals surface area contributed by atoms with Crippen molar-refractivity contribution in [2.24, 2.45) is 29.6 Å². The van der Waals surface area contributed by atoms with E-state index in [1.807, 2.05) is 0 Å². The summed E-state index contributed by atoms with van der Waals surface area (Å²) >= 11 is 0. The normalized spacial score (nSPS) is 42.9. The van der Waals surface area contributed by atoms with Gasteiger partial charge >= 0.3 is 0 Å². The molecule has 0 nitrogen and oxygen atoms in total. The zero-order valence-corrected chi connectivity index (χ0v) is 12.1. The highest BCUT2D eigenvalue weighted by Gasteiger charge is 2.37. The average Bonchev–Trinajstić information content (AvgIpc) is 2.77. The molecule has 0 amide bonds. The monoisotopic (exact) mass is 224 g/mol. The van der Waals surface area contributed by atoms with Gasteiger partial charge in [-0.05, 0) is 48.9 Å². The highest BCUT2D eigenvalue weighted by molar-refractivity contribution is 4.87. The Balaban J connectivity index is 0.000000386. The van der Waals surface area contributed by atoms with Crippen LogP contribution in [0.1, 0.15) is 73.1 Å². The first-order chi connectivity index (χ1) is 7.60. The topological polar surface area (TPSA) is 0 Å². The molecular formula is C16H32. The van der Waals surface area contributed by atoms with Gasteiger partial charge in [-0.3, -0.25) is 0 Å². The molecule has 5 unspecified atom stereocenters. The van der Waals surface area contributed by atoms with Crippen molar-refractivity contribution in [2.75, 3.05) is 0 Å². The molecule has 2 aliphatic carbocycles. The van der Waals surface area contributed by atoms with Gasteiger partial charge < -0.3 is 0 Å². The van der Waals surface area contributed by atoms with Crippen LogP contribution in [0.3, 0.4) is 0 Å². The minimum absolute atomic E-state index is 1.00. The van der Waals surface area contributed by atoms with E-state index in [2.05, 4.69) is 34.6 Å². The van der Waals surface area contributed by atoms with Gasteiger partial charge in [0.1, 0.15) is 0 Å². The molecule has 0 spiro atoms. The summed E-state index contributed by atoms with van der Waals surface area (Å²) in [5.41, 5.74) is 0. The molecule has 0 saturated heterocycles. The number of hydrogen-bond donors (Lipinski definition) is 0. The Morgan fingerprint density at radius 3 is 1.88 bits per heavy atom. The Bertz CT molecular complexity index is 184. The molecule has 0 bridgehead atoms. The standard InChI is InChI=1S/C13H24.C3H8/c1-9-4-6-12(8-9)13-7-5-10(2)11(13)3;1-3-2/h9-13H,4-8H2,1-3H3;3H2,1-2H3. The molecular weight excluding hydrogens is 192 g/mol. The third-order valence-electron chi connectivity index (χ3n) is 4.87. The second-order valence-electron chi connectivity index (χ2n) is 6.46. The maximum atomic E-state index is 2.49. The highest BCUT2D eigenvalue weighted by atomic mass is 14.4. The fraction of sp³-hybridized carbons (Fsp3) is 1.00. The van der Waals surface area contributed by atoms with Crippen molar-refractivity contribution in [1.29, 1.82) is 0 Å². The van der Waals surface area contributed by atoms with Gasteiger partial charge in [0.05, 0.1) is 0 Å². The third-order valence-corrected chi connectivity index (χ3v) is 4.87. The maximum absolute atomic E-state index is 2.49. The molecule has 0 heterocycles. The van der Waals surface area contributed by atoms with Gasteiger partial charge in [-0.2, -0.15) is 0 Å². The van der Waals surface area contributed by atoms with E-state index in [1.54, 1.807) is 0 Å². The Kier molecular flexibility index (Phi) is 5.86. The maximum Gasteiger partial charge on any atom is -0.0357 e. The third kappa shape index (κ3) is 3.50. The Morgan fingerprint density at radius 1 is 0.875 bits per heavy atom. The van der Waals surface area contributed by atoms with Crippen LogP contribution in [-0.4, -0.2) is 0 Å². The summed E-state index contributed by atoms with van der Waals surface area (Å²) in [4.78, 5) is 0. The molecule has 2 fully saturated rings. The fourth-order valence-electron chi connectivity index (χ4n) is 3.71. The molecule has 16 heavy (non-hydrogen) atoms. The van der Waals surface area contributed by atoms with Crippen LogP contribution >= 0.6 is 0 Å². The van der Waals surface area contributed by atoms with E-state index < -0.39 is 0 Å². The fourth-order valence-corrected chi connectivity index (χ4v) is 3.71.